The molecule has 7 heteroatoms. The Morgan fingerprint density at radius 2 is 1.85 bits per heavy atom. The first-order valence-electron chi connectivity index (χ1n) is 6.24. The van der Waals surface area contributed by atoms with Gasteiger partial charge in [-0.25, -0.2) is 17.1 Å². The number of benzene rings is 1. The molecular weight excluding hydrogens is 303 g/mol. The molecule has 4 nitrogen and oxygen atoms in total. The molecule has 1 rings (SSSR count). The summed E-state index contributed by atoms with van der Waals surface area (Å²) in [5.74, 6) is -0.556. The normalized spacial score (nSPS) is 12.3. The average Bonchev–Trinajstić information content (AvgIpc) is 2.38. The van der Waals surface area contributed by atoms with Gasteiger partial charge in [-0.2, -0.15) is 0 Å². The molecule has 0 amide bonds. The molecule has 0 N–H and O–H groups in total. The molecule has 0 bridgehead atoms. The summed E-state index contributed by atoms with van der Waals surface area (Å²) in [5.41, 5.74) is 0.410. The summed E-state index contributed by atoms with van der Waals surface area (Å²) in [6.45, 7) is 1.16. The van der Waals surface area contributed by atoms with E-state index in [0.717, 1.165) is 12.6 Å². The Morgan fingerprint density at radius 1 is 1.20 bits per heavy atom. The van der Waals surface area contributed by atoms with Gasteiger partial charge in [-0.3, -0.25) is 0 Å². The third-order valence-electron chi connectivity index (χ3n) is 2.94. The van der Waals surface area contributed by atoms with Crippen LogP contribution in [0.1, 0.15) is 12.0 Å². The molecule has 0 saturated heterocycles. The molecule has 0 spiro atoms. The highest BCUT2D eigenvalue weighted by Gasteiger charge is 2.24. The van der Waals surface area contributed by atoms with E-state index in [0.29, 0.717) is 18.5 Å². The predicted octanol–water partition coefficient (Wildman–Crippen LogP) is 2.14. The SMILES string of the molecule is CN(C)CCCN(C)S(=O)(=O)c1cc(F)ccc1CCl. The highest BCUT2D eigenvalue weighted by Crippen LogP contribution is 2.22. The van der Waals surface area contributed by atoms with E-state index in [1.54, 1.807) is 0 Å². The van der Waals surface area contributed by atoms with E-state index in [-0.39, 0.29) is 10.8 Å². The summed E-state index contributed by atoms with van der Waals surface area (Å²) in [4.78, 5) is 1.92. The van der Waals surface area contributed by atoms with Gasteiger partial charge in [0.2, 0.25) is 10.0 Å². The van der Waals surface area contributed by atoms with Crippen molar-refractivity contribution < 1.29 is 12.8 Å². The highest BCUT2D eigenvalue weighted by molar-refractivity contribution is 7.89. The van der Waals surface area contributed by atoms with E-state index in [9.17, 15) is 12.8 Å². The molecule has 0 aromatic heterocycles. The van der Waals surface area contributed by atoms with Crippen LogP contribution in [0.2, 0.25) is 0 Å². The van der Waals surface area contributed by atoms with Gasteiger partial charge in [0, 0.05) is 19.5 Å². The zero-order valence-corrected chi connectivity index (χ0v) is 13.5. The fourth-order valence-corrected chi connectivity index (χ4v) is 3.53. The molecule has 0 unspecified atom stereocenters. The second-order valence-corrected chi connectivity index (χ2v) is 7.15. The summed E-state index contributed by atoms with van der Waals surface area (Å²) in [7, 11) is 1.63. The van der Waals surface area contributed by atoms with Gasteiger partial charge in [0.15, 0.2) is 0 Å². The number of sulfonamides is 1. The lowest BCUT2D eigenvalue weighted by molar-refractivity contribution is 0.370. The van der Waals surface area contributed by atoms with Crippen LogP contribution in [0.25, 0.3) is 0 Å². The van der Waals surface area contributed by atoms with Crippen LogP contribution in [-0.4, -0.2) is 51.9 Å². The fraction of sp³-hybridized carbons (Fsp3) is 0.538. The first kappa shape index (κ1) is 17.4. The van der Waals surface area contributed by atoms with Crippen LogP contribution in [0.3, 0.4) is 0 Å². The number of alkyl halides is 1. The summed E-state index contributed by atoms with van der Waals surface area (Å²) < 4.78 is 39.4. The summed E-state index contributed by atoms with van der Waals surface area (Å²) in [5, 5.41) is 0. The van der Waals surface area contributed by atoms with Crippen LogP contribution in [0.4, 0.5) is 4.39 Å². The molecule has 0 fully saturated rings. The van der Waals surface area contributed by atoms with Gasteiger partial charge >= 0.3 is 0 Å². The third-order valence-corrected chi connectivity index (χ3v) is 5.17. The molecule has 0 heterocycles. The van der Waals surface area contributed by atoms with Crippen LogP contribution in [0, 0.1) is 5.82 Å². The standard InChI is InChI=1S/C13H20ClFN2O2S/c1-16(2)7-4-8-17(3)20(18,19)13-9-12(15)6-5-11(13)10-14/h5-6,9H,4,7-8,10H2,1-3H3. The van der Waals surface area contributed by atoms with Crippen molar-refractivity contribution in [2.24, 2.45) is 0 Å². The molecule has 1 aromatic rings. The van der Waals surface area contributed by atoms with Crippen molar-refractivity contribution in [2.45, 2.75) is 17.2 Å². The van der Waals surface area contributed by atoms with Crippen molar-refractivity contribution in [3.05, 3.63) is 29.6 Å². The molecule has 0 saturated carbocycles. The summed E-state index contributed by atoms with van der Waals surface area (Å²) in [6.07, 6.45) is 0.703. The molecule has 0 radical (unpaired) electrons. The minimum atomic E-state index is -3.71. The number of hydrogen-bond acceptors (Lipinski definition) is 3. The Hall–Kier alpha value is -0.690. The Balaban J connectivity index is 2.95. The van der Waals surface area contributed by atoms with E-state index in [4.69, 9.17) is 11.6 Å². The third kappa shape index (κ3) is 4.41. The van der Waals surface area contributed by atoms with Crippen molar-refractivity contribution in [2.75, 3.05) is 34.2 Å². The highest BCUT2D eigenvalue weighted by atomic mass is 35.5. The molecule has 20 heavy (non-hydrogen) atoms. The van der Waals surface area contributed by atoms with Gasteiger partial charge in [-0.05, 0) is 44.8 Å². The smallest absolute Gasteiger partial charge is 0.243 e. The zero-order chi connectivity index (χ0) is 15.3. The van der Waals surface area contributed by atoms with E-state index in [1.165, 1.54) is 23.5 Å². The fourth-order valence-electron chi connectivity index (χ4n) is 1.78. The van der Waals surface area contributed by atoms with Gasteiger partial charge in [0.05, 0.1) is 4.90 Å². The Morgan fingerprint density at radius 3 is 2.40 bits per heavy atom. The minimum Gasteiger partial charge on any atom is -0.309 e. The average molecular weight is 323 g/mol. The van der Waals surface area contributed by atoms with E-state index in [1.807, 2.05) is 19.0 Å². The van der Waals surface area contributed by atoms with Crippen molar-refractivity contribution >= 4 is 21.6 Å². The van der Waals surface area contributed by atoms with Crippen molar-refractivity contribution in [1.82, 2.24) is 9.21 Å². The topological polar surface area (TPSA) is 40.6 Å². The van der Waals surface area contributed by atoms with Crippen molar-refractivity contribution in [1.29, 1.82) is 0 Å². The maximum atomic E-state index is 13.3. The van der Waals surface area contributed by atoms with Crippen LogP contribution >= 0.6 is 11.6 Å². The zero-order valence-electron chi connectivity index (χ0n) is 11.9. The number of halogens is 2. The number of rotatable bonds is 7. The molecule has 0 aliphatic carbocycles. The Kier molecular flexibility index (Phi) is 6.39. The predicted molar refractivity (Wildman–Crippen MR) is 78.9 cm³/mol. The van der Waals surface area contributed by atoms with Crippen molar-refractivity contribution in [3.8, 4) is 0 Å². The first-order valence-corrected chi connectivity index (χ1v) is 8.22. The van der Waals surface area contributed by atoms with E-state index in [2.05, 4.69) is 0 Å². The summed E-state index contributed by atoms with van der Waals surface area (Å²) in [6, 6.07) is 3.64. The van der Waals surface area contributed by atoms with E-state index < -0.39 is 15.8 Å². The molecule has 0 aliphatic rings. The molecular formula is C13H20ClFN2O2S. The van der Waals surface area contributed by atoms with Crippen LogP contribution in [0.15, 0.2) is 23.1 Å². The molecule has 1 aromatic carbocycles. The second kappa shape index (κ2) is 7.36. The minimum absolute atomic E-state index is 0.0282. The van der Waals surface area contributed by atoms with E-state index >= 15 is 0 Å². The second-order valence-electron chi connectivity index (χ2n) is 4.87. The lowest BCUT2D eigenvalue weighted by Crippen LogP contribution is -2.30. The molecule has 0 aliphatic heterocycles. The van der Waals surface area contributed by atoms with Crippen LogP contribution in [-0.2, 0) is 15.9 Å². The number of nitrogens with zero attached hydrogens (tertiary/aromatic N) is 2. The van der Waals surface area contributed by atoms with Crippen LogP contribution < -0.4 is 0 Å². The summed E-state index contributed by atoms with van der Waals surface area (Å²) >= 11 is 5.73. The van der Waals surface area contributed by atoms with Crippen molar-refractivity contribution in [3.63, 3.8) is 0 Å². The Labute approximate surface area is 125 Å². The van der Waals surface area contributed by atoms with Gasteiger partial charge in [-0.15, -0.1) is 11.6 Å². The first-order chi connectivity index (χ1) is 9.28. The lowest BCUT2D eigenvalue weighted by atomic mass is 10.2. The van der Waals surface area contributed by atoms with Crippen LogP contribution in [0.5, 0.6) is 0 Å². The maximum absolute atomic E-state index is 13.3. The number of hydrogen-bond donors (Lipinski definition) is 0. The quantitative estimate of drug-likeness (QED) is 0.722. The largest absolute Gasteiger partial charge is 0.309 e. The Bertz CT molecular complexity index is 549. The van der Waals surface area contributed by atoms with Gasteiger partial charge in [0.25, 0.3) is 0 Å². The monoisotopic (exact) mass is 322 g/mol. The maximum Gasteiger partial charge on any atom is 0.243 e. The lowest BCUT2D eigenvalue weighted by Gasteiger charge is -2.20. The molecule has 114 valence electrons. The van der Waals surface area contributed by atoms with Gasteiger partial charge in [-0.1, -0.05) is 6.07 Å². The molecule has 0 atom stereocenters. The van der Waals surface area contributed by atoms with Gasteiger partial charge < -0.3 is 4.90 Å². The van der Waals surface area contributed by atoms with Gasteiger partial charge in [0.1, 0.15) is 5.82 Å².